The van der Waals surface area contributed by atoms with Gasteiger partial charge < -0.3 is 61.6 Å². The number of hydrogen-bond donors (Lipinski definition) is 0. The van der Waals surface area contributed by atoms with Crippen LogP contribution in [0.15, 0.2) is 0 Å². The van der Waals surface area contributed by atoms with Gasteiger partial charge in [0.1, 0.15) is 44.2 Å². The van der Waals surface area contributed by atoms with Crippen LogP contribution in [0.4, 0.5) is 0 Å². The van der Waals surface area contributed by atoms with Crippen LogP contribution in [0.1, 0.15) is 55.4 Å². The van der Waals surface area contributed by atoms with Crippen LogP contribution in [-0.2, 0) is 99.9 Å². The molecule has 21 heteroatoms. The predicted molar refractivity (Wildman–Crippen MR) is 160 cm³/mol. The largest absolute Gasteiger partial charge is 0.463 e. The van der Waals surface area contributed by atoms with Gasteiger partial charge >= 0.3 is 47.8 Å². The first kappa shape index (κ1) is 42.0. The first-order valence-electron chi connectivity index (χ1n) is 15.9. The van der Waals surface area contributed by atoms with Crippen molar-refractivity contribution in [3.8, 4) is 0 Å². The molecule has 21 nitrogen and oxygen atoms in total. The monoisotopic (exact) mass is 750 g/mol. The van der Waals surface area contributed by atoms with Crippen molar-refractivity contribution in [3.63, 3.8) is 0 Å². The fourth-order valence-corrected chi connectivity index (χ4v) is 5.47. The molecule has 52 heavy (non-hydrogen) atoms. The third kappa shape index (κ3) is 12.1. The van der Waals surface area contributed by atoms with Crippen molar-refractivity contribution in [1.29, 1.82) is 0 Å². The van der Waals surface area contributed by atoms with E-state index in [-0.39, 0.29) is 0 Å². The second-order valence-corrected chi connectivity index (χ2v) is 11.6. The smallest absolute Gasteiger partial charge is 0.305 e. The van der Waals surface area contributed by atoms with Crippen molar-refractivity contribution in [1.82, 2.24) is 0 Å². The Morgan fingerprint density at radius 3 is 1.02 bits per heavy atom. The number of carbonyl (C=O) groups is 8. The minimum absolute atomic E-state index is 0.479. The van der Waals surface area contributed by atoms with Crippen LogP contribution in [-0.4, -0.2) is 141 Å². The molecule has 3 aliphatic heterocycles. The highest BCUT2D eigenvalue weighted by Gasteiger charge is 2.59. The first-order chi connectivity index (χ1) is 24.4. The molecule has 12 atom stereocenters. The van der Waals surface area contributed by atoms with E-state index >= 15 is 0 Å². The zero-order chi connectivity index (χ0) is 38.9. The fourth-order valence-electron chi connectivity index (χ4n) is 5.47. The summed E-state index contributed by atoms with van der Waals surface area (Å²) in [4.78, 5) is 95.8. The topological polar surface area (TPSA) is 257 Å². The van der Waals surface area contributed by atoms with Gasteiger partial charge in [-0.05, 0) is 0 Å². The lowest BCUT2D eigenvalue weighted by molar-refractivity contribution is -0.267. The number of carbonyl (C=O) groups excluding carboxylic acids is 8. The number of esters is 8. The van der Waals surface area contributed by atoms with E-state index in [9.17, 15) is 38.4 Å². The van der Waals surface area contributed by atoms with E-state index in [0.29, 0.717) is 0 Å². The Bertz CT molecular complexity index is 1350. The summed E-state index contributed by atoms with van der Waals surface area (Å²) in [5.41, 5.74) is 0. The molecular weight excluding hydrogens is 708 g/mol. The lowest BCUT2D eigenvalue weighted by Crippen LogP contribution is -2.49. The van der Waals surface area contributed by atoms with Gasteiger partial charge in [0.2, 0.25) is 6.29 Å². The average molecular weight is 751 g/mol. The molecule has 0 aromatic rings. The molecule has 0 spiro atoms. The Kier molecular flexibility index (Phi) is 15.2. The van der Waals surface area contributed by atoms with Gasteiger partial charge in [-0.25, -0.2) is 0 Å². The van der Waals surface area contributed by atoms with E-state index < -0.39 is 141 Å². The van der Waals surface area contributed by atoms with Crippen molar-refractivity contribution in [3.05, 3.63) is 0 Å². The number of hydrogen-bond acceptors (Lipinski definition) is 21. The molecule has 0 aliphatic carbocycles. The van der Waals surface area contributed by atoms with E-state index in [0.717, 1.165) is 55.4 Å². The van der Waals surface area contributed by atoms with Crippen LogP contribution in [0.5, 0.6) is 0 Å². The normalized spacial score (nSPS) is 32.2. The molecule has 0 N–H and O–H groups in total. The quantitative estimate of drug-likeness (QED) is 0.142. The predicted octanol–water partition coefficient (Wildman–Crippen LogP) is -1.09. The average Bonchev–Trinajstić information content (AvgIpc) is 3.60. The van der Waals surface area contributed by atoms with Gasteiger partial charge in [0.05, 0.1) is 0 Å². The van der Waals surface area contributed by atoms with Gasteiger partial charge in [-0.3, -0.25) is 38.4 Å². The van der Waals surface area contributed by atoms with Crippen molar-refractivity contribution in [2.75, 3.05) is 19.8 Å². The van der Waals surface area contributed by atoms with Crippen LogP contribution in [0, 0.1) is 0 Å². The Labute approximate surface area is 296 Å². The van der Waals surface area contributed by atoms with Gasteiger partial charge in [-0.2, -0.15) is 0 Å². The molecule has 0 unspecified atom stereocenters. The SMILES string of the molecule is CC(=O)OC[C@H]1O[C@H](O[C@H]2[C@@H](O[C@H]3[C@@H](OC(C)=O)[C@@H](OC(C)=O)O[C@@H]3COC(C)=O)O[C@H](COC(C)=O)[C@H]2OC(C)=O)[C@H](OC(C)=O)[C@@H]1OC(C)=O. The summed E-state index contributed by atoms with van der Waals surface area (Å²) >= 11 is 0. The summed E-state index contributed by atoms with van der Waals surface area (Å²) in [6.07, 6.45) is -17.6. The molecule has 0 aromatic heterocycles. The van der Waals surface area contributed by atoms with Crippen LogP contribution in [0.2, 0.25) is 0 Å². The first-order valence-corrected chi connectivity index (χ1v) is 15.9. The van der Waals surface area contributed by atoms with Crippen molar-refractivity contribution >= 4 is 47.8 Å². The highest BCUT2D eigenvalue weighted by Crippen LogP contribution is 2.38. The second-order valence-electron chi connectivity index (χ2n) is 11.6. The highest BCUT2D eigenvalue weighted by molar-refractivity contribution is 5.69. The maximum absolute atomic E-state index is 12.4. The lowest BCUT2D eigenvalue weighted by Gasteiger charge is -2.31. The molecule has 0 radical (unpaired) electrons. The summed E-state index contributed by atoms with van der Waals surface area (Å²) in [5.74, 6) is -6.37. The number of rotatable bonds is 15. The number of ether oxygens (including phenoxy) is 13. The van der Waals surface area contributed by atoms with E-state index in [1.807, 2.05) is 0 Å². The zero-order valence-corrected chi connectivity index (χ0v) is 29.6. The Hall–Kier alpha value is -4.44. The van der Waals surface area contributed by atoms with Crippen LogP contribution in [0.3, 0.4) is 0 Å². The molecule has 0 amide bonds. The third-order valence-electron chi connectivity index (χ3n) is 7.23. The molecule has 3 heterocycles. The van der Waals surface area contributed by atoms with Crippen molar-refractivity contribution < 1.29 is 99.9 Å². The summed E-state index contributed by atoms with van der Waals surface area (Å²) in [6, 6.07) is 0. The summed E-state index contributed by atoms with van der Waals surface area (Å²) in [6.45, 7) is 7.17. The van der Waals surface area contributed by atoms with E-state index in [1.54, 1.807) is 0 Å². The molecule has 0 saturated carbocycles. The molecule has 3 rings (SSSR count). The summed E-state index contributed by atoms with van der Waals surface area (Å²) in [7, 11) is 0. The Morgan fingerprint density at radius 1 is 0.346 bits per heavy atom. The summed E-state index contributed by atoms with van der Waals surface area (Å²) in [5, 5.41) is 0. The second kappa shape index (κ2) is 18.9. The van der Waals surface area contributed by atoms with E-state index in [2.05, 4.69) is 0 Å². The molecule has 0 aromatic carbocycles. The molecule has 3 fully saturated rings. The van der Waals surface area contributed by atoms with E-state index in [4.69, 9.17) is 61.6 Å². The highest BCUT2D eigenvalue weighted by atomic mass is 16.8. The van der Waals surface area contributed by atoms with Crippen molar-refractivity contribution in [2.45, 2.75) is 129 Å². The van der Waals surface area contributed by atoms with Gasteiger partial charge in [0.25, 0.3) is 0 Å². The Morgan fingerprint density at radius 2 is 0.635 bits per heavy atom. The van der Waals surface area contributed by atoms with Gasteiger partial charge in [0, 0.05) is 55.4 Å². The van der Waals surface area contributed by atoms with Crippen LogP contribution < -0.4 is 0 Å². The zero-order valence-electron chi connectivity index (χ0n) is 29.6. The Balaban J connectivity index is 2.09. The maximum atomic E-state index is 12.4. The maximum Gasteiger partial charge on any atom is 0.305 e. The fraction of sp³-hybridized carbons (Fsp3) is 0.742. The van der Waals surface area contributed by atoms with Crippen molar-refractivity contribution in [2.24, 2.45) is 0 Å². The van der Waals surface area contributed by atoms with Gasteiger partial charge in [-0.1, -0.05) is 0 Å². The minimum Gasteiger partial charge on any atom is -0.463 e. The molecule has 3 saturated heterocycles. The van der Waals surface area contributed by atoms with Gasteiger partial charge in [0.15, 0.2) is 43.1 Å². The van der Waals surface area contributed by atoms with Crippen LogP contribution >= 0.6 is 0 Å². The molecule has 3 aliphatic rings. The molecule has 292 valence electrons. The van der Waals surface area contributed by atoms with E-state index in [1.165, 1.54) is 0 Å². The molecule has 0 bridgehead atoms. The summed E-state index contributed by atoms with van der Waals surface area (Å²) < 4.78 is 72.4. The minimum atomic E-state index is -1.69. The lowest BCUT2D eigenvalue weighted by atomic mass is 10.1. The third-order valence-corrected chi connectivity index (χ3v) is 7.23. The molecular formula is C31H42O21. The standard InChI is InChI=1S/C31H42O21/c1-12(32)40-9-20-23(43-15(4)35)26(45-17(6)37)30(49-20)52-28-24(44-16(5)36)21(10-41-13(2)33)50-31(28)51-25-22(11-42-14(3)34)48-29(47-19(8)39)27(25)46-18(7)38/h20-31H,9-11H2,1-8H3/t20-,21-,22-,23-,24-,25-,26-,27-,28-,29+,30-,31-/m1/s1. The van der Waals surface area contributed by atoms with Gasteiger partial charge in [-0.15, -0.1) is 0 Å². The van der Waals surface area contributed by atoms with Crippen LogP contribution in [0.25, 0.3) is 0 Å².